The van der Waals surface area contributed by atoms with Gasteiger partial charge in [0, 0.05) is 0 Å². The molecule has 2 heterocycles. The highest BCUT2D eigenvalue weighted by molar-refractivity contribution is 6.21. The lowest BCUT2D eigenvalue weighted by Gasteiger charge is -2.10. The Kier molecular flexibility index (Phi) is 3.53. The summed E-state index contributed by atoms with van der Waals surface area (Å²) in [6.45, 7) is 3.10. The highest BCUT2D eigenvalue weighted by atomic mass is 16.2. The summed E-state index contributed by atoms with van der Waals surface area (Å²) in [5, 5.41) is 0. The van der Waals surface area contributed by atoms with Gasteiger partial charge in [0.25, 0.3) is 11.8 Å². The molecule has 1 saturated heterocycles. The van der Waals surface area contributed by atoms with E-state index in [0.29, 0.717) is 11.1 Å². The Morgan fingerprint density at radius 1 is 0.900 bits per heavy atom. The van der Waals surface area contributed by atoms with E-state index in [9.17, 15) is 9.59 Å². The Labute approximate surface area is 118 Å². The van der Waals surface area contributed by atoms with Crippen LogP contribution in [-0.4, -0.2) is 47.8 Å². The first-order chi connectivity index (χ1) is 9.77. The summed E-state index contributed by atoms with van der Waals surface area (Å²) < 4.78 is 0. The Hall–Kier alpha value is -2.12. The predicted octanol–water partition coefficient (Wildman–Crippen LogP) is 1.38. The van der Waals surface area contributed by atoms with E-state index >= 15 is 0 Å². The lowest BCUT2D eigenvalue weighted by molar-refractivity contribution is 0.0675. The first-order valence-corrected chi connectivity index (χ1v) is 6.90. The second kappa shape index (κ2) is 5.48. The van der Waals surface area contributed by atoms with Crippen LogP contribution in [0.25, 0.3) is 0 Å². The summed E-state index contributed by atoms with van der Waals surface area (Å²) in [7, 11) is 0. The van der Waals surface area contributed by atoms with Crippen LogP contribution in [0.15, 0.2) is 24.3 Å². The van der Waals surface area contributed by atoms with E-state index in [4.69, 9.17) is 0 Å². The van der Waals surface area contributed by atoms with Crippen molar-refractivity contribution in [2.45, 2.75) is 12.8 Å². The summed E-state index contributed by atoms with van der Waals surface area (Å²) in [6, 6.07) is 6.92. The molecule has 20 heavy (non-hydrogen) atoms. The Morgan fingerprint density at radius 3 is 2.05 bits per heavy atom. The average Bonchev–Trinajstić information content (AvgIpc) is 3.06. The normalized spacial score (nSPS) is 18.1. The summed E-state index contributed by atoms with van der Waals surface area (Å²) in [5.74, 6) is 5.52. The third-order valence-electron chi connectivity index (χ3n) is 3.74. The van der Waals surface area contributed by atoms with Crippen molar-refractivity contribution in [2.75, 3.05) is 26.2 Å². The van der Waals surface area contributed by atoms with Gasteiger partial charge in [0.1, 0.15) is 0 Å². The lowest BCUT2D eigenvalue weighted by atomic mass is 10.1. The smallest absolute Gasteiger partial charge is 0.262 e. The maximum absolute atomic E-state index is 12.1. The van der Waals surface area contributed by atoms with Crippen LogP contribution in [0.4, 0.5) is 0 Å². The van der Waals surface area contributed by atoms with Gasteiger partial charge in [-0.2, -0.15) is 0 Å². The molecule has 3 rings (SSSR count). The minimum absolute atomic E-state index is 0.181. The molecule has 2 aliphatic rings. The molecular weight excluding hydrogens is 252 g/mol. The molecule has 2 aliphatic heterocycles. The fourth-order valence-electron chi connectivity index (χ4n) is 2.63. The molecular formula is C16H16N2O2. The molecule has 4 heteroatoms. The van der Waals surface area contributed by atoms with E-state index in [1.54, 1.807) is 24.3 Å². The molecule has 0 aromatic heterocycles. The second-order valence-corrected chi connectivity index (χ2v) is 5.08. The van der Waals surface area contributed by atoms with Gasteiger partial charge in [-0.05, 0) is 38.1 Å². The molecule has 0 atom stereocenters. The van der Waals surface area contributed by atoms with Crippen LogP contribution in [0.3, 0.4) is 0 Å². The molecule has 0 bridgehead atoms. The third kappa shape index (κ3) is 2.33. The van der Waals surface area contributed by atoms with E-state index in [0.717, 1.165) is 19.6 Å². The van der Waals surface area contributed by atoms with Crippen molar-refractivity contribution in [3.63, 3.8) is 0 Å². The van der Waals surface area contributed by atoms with E-state index < -0.39 is 0 Å². The summed E-state index contributed by atoms with van der Waals surface area (Å²) in [4.78, 5) is 27.7. The number of carbonyl (C=O) groups is 2. The van der Waals surface area contributed by atoms with Crippen molar-refractivity contribution >= 4 is 11.8 Å². The van der Waals surface area contributed by atoms with E-state index in [1.807, 2.05) is 0 Å². The van der Waals surface area contributed by atoms with Crippen LogP contribution >= 0.6 is 0 Å². The van der Waals surface area contributed by atoms with Crippen LogP contribution in [0, 0.1) is 11.8 Å². The van der Waals surface area contributed by atoms with Crippen LogP contribution in [0.1, 0.15) is 33.6 Å². The number of imide groups is 1. The molecule has 1 aromatic rings. The van der Waals surface area contributed by atoms with Gasteiger partial charge in [0.2, 0.25) is 0 Å². The van der Waals surface area contributed by atoms with Gasteiger partial charge < -0.3 is 0 Å². The van der Waals surface area contributed by atoms with E-state index in [-0.39, 0.29) is 18.4 Å². The number of fused-ring (bicyclic) bond motifs is 1. The van der Waals surface area contributed by atoms with Crippen molar-refractivity contribution < 1.29 is 9.59 Å². The number of hydrogen-bond acceptors (Lipinski definition) is 3. The Balaban J connectivity index is 1.63. The van der Waals surface area contributed by atoms with Crippen molar-refractivity contribution in [3.8, 4) is 11.8 Å². The largest absolute Gasteiger partial charge is 0.292 e. The quantitative estimate of drug-likeness (QED) is 0.601. The molecule has 0 N–H and O–H groups in total. The summed E-state index contributed by atoms with van der Waals surface area (Å²) in [5.41, 5.74) is 0.970. The topological polar surface area (TPSA) is 40.6 Å². The zero-order valence-corrected chi connectivity index (χ0v) is 11.3. The SMILES string of the molecule is O=C1c2ccccc2C(=O)N1CC#CCN1CCCC1. The van der Waals surface area contributed by atoms with Crippen LogP contribution < -0.4 is 0 Å². The molecule has 4 nitrogen and oxygen atoms in total. The van der Waals surface area contributed by atoms with Crippen molar-refractivity contribution in [1.29, 1.82) is 0 Å². The van der Waals surface area contributed by atoms with Gasteiger partial charge in [-0.15, -0.1) is 0 Å². The third-order valence-corrected chi connectivity index (χ3v) is 3.74. The summed E-state index contributed by atoms with van der Waals surface area (Å²) >= 11 is 0. The minimum Gasteiger partial charge on any atom is -0.292 e. The molecule has 0 aliphatic carbocycles. The number of amides is 2. The fourth-order valence-corrected chi connectivity index (χ4v) is 2.63. The van der Waals surface area contributed by atoms with Crippen LogP contribution in [0.5, 0.6) is 0 Å². The highest BCUT2D eigenvalue weighted by Gasteiger charge is 2.34. The second-order valence-electron chi connectivity index (χ2n) is 5.08. The summed E-state index contributed by atoms with van der Waals surface area (Å²) in [6.07, 6.45) is 2.47. The van der Waals surface area contributed by atoms with Crippen molar-refractivity contribution in [2.24, 2.45) is 0 Å². The lowest BCUT2D eigenvalue weighted by Crippen LogP contribution is -2.30. The number of nitrogens with zero attached hydrogens (tertiary/aromatic N) is 2. The molecule has 2 amide bonds. The van der Waals surface area contributed by atoms with Crippen LogP contribution in [-0.2, 0) is 0 Å². The number of likely N-dealkylation sites (tertiary alicyclic amines) is 1. The Bertz CT molecular complexity index is 571. The maximum atomic E-state index is 12.1. The highest BCUT2D eigenvalue weighted by Crippen LogP contribution is 2.21. The molecule has 0 saturated carbocycles. The fraction of sp³-hybridized carbons (Fsp3) is 0.375. The number of benzene rings is 1. The monoisotopic (exact) mass is 268 g/mol. The standard InChI is InChI=1S/C16H16N2O2/c19-15-13-7-1-2-8-14(13)16(20)18(15)12-6-5-11-17-9-3-4-10-17/h1-2,7-8H,3-4,9-12H2. The van der Waals surface area contributed by atoms with Crippen molar-refractivity contribution in [1.82, 2.24) is 9.80 Å². The first kappa shape index (κ1) is 12.9. The van der Waals surface area contributed by atoms with Gasteiger partial charge in [-0.1, -0.05) is 24.0 Å². The average molecular weight is 268 g/mol. The zero-order valence-electron chi connectivity index (χ0n) is 11.3. The molecule has 102 valence electrons. The van der Waals surface area contributed by atoms with Crippen LogP contribution in [0.2, 0.25) is 0 Å². The van der Waals surface area contributed by atoms with Gasteiger partial charge >= 0.3 is 0 Å². The molecule has 1 aromatic carbocycles. The molecule has 0 spiro atoms. The van der Waals surface area contributed by atoms with Crippen molar-refractivity contribution in [3.05, 3.63) is 35.4 Å². The predicted molar refractivity (Wildman–Crippen MR) is 75.3 cm³/mol. The van der Waals surface area contributed by atoms with Gasteiger partial charge in [0.05, 0.1) is 24.2 Å². The van der Waals surface area contributed by atoms with E-state index in [2.05, 4.69) is 16.7 Å². The molecule has 0 radical (unpaired) electrons. The number of carbonyl (C=O) groups excluding carboxylic acids is 2. The molecule has 1 fully saturated rings. The van der Waals surface area contributed by atoms with Gasteiger partial charge in [-0.25, -0.2) is 0 Å². The number of rotatable bonds is 2. The maximum Gasteiger partial charge on any atom is 0.262 e. The Morgan fingerprint density at radius 2 is 1.45 bits per heavy atom. The van der Waals surface area contributed by atoms with E-state index in [1.165, 1.54) is 17.7 Å². The number of hydrogen-bond donors (Lipinski definition) is 0. The van der Waals surface area contributed by atoms with Gasteiger partial charge in [0.15, 0.2) is 0 Å². The first-order valence-electron chi connectivity index (χ1n) is 6.90. The van der Waals surface area contributed by atoms with Gasteiger partial charge in [-0.3, -0.25) is 19.4 Å². The minimum atomic E-state index is -0.235. The molecule has 0 unspecified atom stereocenters. The zero-order chi connectivity index (χ0) is 13.9.